The summed E-state index contributed by atoms with van der Waals surface area (Å²) in [5.74, 6) is 0.526. The Kier molecular flexibility index (Phi) is 23.5. The Bertz CT molecular complexity index is 1580. The van der Waals surface area contributed by atoms with E-state index in [2.05, 4.69) is 77.8 Å². The van der Waals surface area contributed by atoms with Crippen molar-refractivity contribution in [1.82, 2.24) is 10.2 Å². The van der Waals surface area contributed by atoms with Gasteiger partial charge in [0.15, 0.2) is 6.67 Å². The maximum atomic E-state index is 12.7. The molecule has 0 aliphatic carbocycles. The first-order valence-corrected chi connectivity index (χ1v) is 23.5. The Balaban J connectivity index is 0.000000679. The van der Waals surface area contributed by atoms with E-state index in [1.807, 2.05) is 6.92 Å². The molecule has 4 rings (SSSR count). The molecular weight excluding hydrogens is 731 g/mol. The average molecular weight is 804 g/mol. The van der Waals surface area contributed by atoms with Gasteiger partial charge in [-0.1, -0.05) is 169 Å². The van der Waals surface area contributed by atoms with Crippen molar-refractivity contribution in [2.75, 3.05) is 26.3 Å². The predicted octanol–water partition coefficient (Wildman–Crippen LogP) is 10.8. The summed E-state index contributed by atoms with van der Waals surface area (Å²) in [5, 5.41) is 3.16. The Morgan fingerprint density at radius 1 is 0.684 bits per heavy atom. The summed E-state index contributed by atoms with van der Waals surface area (Å²) in [7, 11) is -4.27. The summed E-state index contributed by atoms with van der Waals surface area (Å²) in [4.78, 5) is 27.0. The fourth-order valence-corrected chi connectivity index (χ4v) is 8.26. The van der Waals surface area contributed by atoms with Crippen LogP contribution in [0, 0.1) is 6.92 Å². The number of likely N-dealkylation sites (tertiary alicyclic amines) is 1. The first kappa shape index (κ1) is 47.8. The molecule has 1 aliphatic heterocycles. The molecule has 1 saturated heterocycles. The van der Waals surface area contributed by atoms with Crippen LogP contribution in [0.1, 0.15) is 152 Å². The summed E-state index contributed by atoms with van der Waals surface area (Å²) in [6.45, 7) is 9.43. The lowest BCUT2D eigenvalue weighted by Gasteiger charge is -2.41. The number of aryl methyl sites for hydroxylation is 1. The molecule has 8 nitrogen and oxygen atoms in total. The molecule has 0 bridgehead atoms. The molecule has 0 atom stereocenters. The van der Waals surface area contributed by atoms with Gasteiger partial charge in [-0.15, -0.1) is 0 Å². The molecule has 3 aromatic carbocycles. The third kappa shape index (κ3) is 21.2. The Morgan fingerprint density at radius 2 is 1.18 bits per heavy atom. The minimum atomic E-state index is -4.27. The van der Waals surface area contributed by atoms with Crippen molar-refractivity contribution < 1.29 is 27.0 Å². The van der Waals surface area contributed by atoms with E-state index >= 15 is 0 Å². The zero-order valence-corrected chi connectivity index (χ0v) is 36.1. The quantitative estimate of drug-likeness (QED) is 0.0447. The zero-order chi connectivity index (χ0) is 41.0. The van der Waals surface area contributed by atoms with Gasteiger partial charge in [0.2, 0.25) is 11.8 Å². The summed E-state index contributed by atoms with van der Waals surface area (Å²) in [6.07, 6.45) is 24.1. The van der Waals surface area contributed by atoms with Crippen LogP contribution in [0.5, 0.6) is 0 Å². The van der Waals surface area contributed by atoms with Gasteiger partial charge < -0.3 is 9.87 Å². The second kappa shape index (κ2) is 28.0. The van der Waals surface area contributed by atoms with E-state index < -0.39 is 10.1 Å². The van der Waals surface area contributed by atoms with Crippen LogP contribution < -0.4 is 5.32 Å². The number of carbonyl (C=O) groups excluding carboxylic acids is 2. The number of amides is 2. The molecule has 0 saturated carbocycles. The Labute approximate surface area is 346 Å². The van der Waals surface area contributed by atoms with Crippen LogP contribution >= 0.6 is 0 Å². The molecule has 0 aromatic heterocycles. The summed E-state index contributed by atoms with van der Waals surface area (Å²) >= 11 is 0. The minimum Gasteiger partial charge on any atom is -0.744 e. The van der Waals surface area contributed by atoms with Gasteiger partial charge in [0.1, 0.15) is 23.2 Å². The molecule has 1 heterocycles. The molecule has 2 amide bonds. The molecule has 1 N–H and O–H groups in total. The van der Waals surface area contributed by atoms with Crippen LogP contribution in [0.2, 0.25) is 0 Å². The van der Waals surface area contributed by atoms with Gasteiger partial charge in [0.05, 0.1) is 11.4 Å². The second-order valence-corrected chi connectivity index (χ2v) is 17.7. The lowest BCUT2D eigenvalue weighted by Crippen LogP contribution is -2.54. The standard InChI is InChI=1S/C41H65N3O2.C7H8O3S/c1-2-3-4-5-6-7-8-9-10-11-12-13-22-30-40(45)42-32-23-14-15-24-34-44(35-38-26-18-16-19-27-38,36-39-28-20-17-21-29-39)37-43-33-25-31-41(43)46;1-6-2-4-7(5-3-6)11(8,9)10/h16-21,26-29H,2-15,22-25,30-37H2,1H3;2-5H,1H3,(H,8,9,10). The van der Waals surface area contributed by atoms with E-state index in [0.717, 1.165) is 88.0 Å². The normalized spacial score (nSPS) is 13.0. The maximum Gasteiger partial charge on any atom is 0.226 e. The molecule has 1 fully saturated rings. The molecule has 3 aromatic rings. The van der Waals surface area contributed by atoms with Crippen LogP contribution in [0.4, 0.5) is 0 Å². The van der Waals surface area contributed by atoms with Crippen molar-refractivity contribution in [2.24, 2.45) is 0 Å². The highest BCUT2D eigenvalue weighted by Gasteiger charge is 2.34. The topological polar surface area (TPSA) is 107 Å². The van der Waals surface area contributed by atoms with Gasteiger partial charge >= 0.3 is 0 Å². The van der Waals surface area contributed by atoms with Crippen molar-refractivity contribution >= 4 is 21.9 Å². The number of rotatable bonds is 28. The van der Waals surface area contributed by atoms with Gasteiger partial charge in [-0.3, -0.25) is 19.0 Å². The average Bonchev–Trinajstić information content (AvgIpc) is 3.60. The highest BCUT2D eigenvalue weighted by molar-refractivity contribution is 7.85. The van der Waals surface area contributed by atoms with Crippen molar-refractivity contribution in [3.05, 3.63) is 102 Å². The van der Waals surface area contributed by atoms with Gasteiger partial charge in [0.25, 0.3) is 0 Å². The van der Waals surface area contributed by atoms with E-state index in [-0.39, 0.29) is 10.8 Å². The van der Waals surface area contributed by atoms with Crippen LogP contribution in [-0.2, 0) is 32.8 Å². The van der Waals surface area contributed by atoms with Crippen molar-refractivity contribution in [3.63, 3.8) is 0 Å². The Hall–Kier alpha value is -3.53. The monoisotopic (exact) mass is 804 g/mol. The number of unbranched alkanes of at least 4 members (excludes halogenated alkanes) is 15. The molecule has 9 heteroatoms. The van der Waals surface area contributed by atoms with Crippen molar-refractivity contribution in [1.29, 1.82) is 0 Å². The largest absolute Gasteiger partial charge is 0.744 e. The molecule has 0 unspecified atom stereocenters. The molecule has 0 radical (unpaired) electrons. The van der Waals surface area contributed by atoms with E-state index in [4.69, 9.17) is 0 Å². The fourth-order valence-electron chi connectivity index (χ4n) is 7.79. The minimum absolute atomic E-state index is 0.178. The number of benzene rings is 3. The summed E-state index contributed by atoms with van der Waals surface area (Å²) in [5.41, 5.74) is 3.59. The molecule has 0 spiro atoms. The number of nitrogens with one attached hydrogen (secondary N) is 1. The zero-order valence-electron chi connectivity index (χ0n) is 35.3. The van der Waals surface area contributed by atoms with Crippen molar-refractivity contribution in [2.45, 2.75) is 160 Å². The first-order valence-electron chi connectivity index (χ1n) is 22.1. The van der Waals surface area contributed by atoms with Crippen molar-refractivity contribution in [3.8, 4) is 0 Å². The first-order chi connectivity index (χ1) is 27.6. The smallest absolute Gasteiger partial charge is 0.226 e. The van der Waals surface area contributed by atoms with E-state index in [0.29, 0.717) is 18.7 Å². The van der Waals surface area contributed by atoms with Gasteiger partial charge in [-0.25, -0.2) is 8.42 Å². The van der Waals surface area contributed by atoms with E-state index in [1.54, 1.807) is 12.1 Å². The maximum absolute atomic E-state index is 12.7. The van der Waals surface area contributed by atoms with E-state index in [1.165, 1.54) is 100 Å². The van der Waals surface area contributed by atoms with E-state index in [9.17, 15) is 22.6 Å². The molecular formula is C48H73N3O5S. The third-order valence-electron chi connectivity index (χ3n) is 11.1. The van der Waals surface area contributed by atoms with Crippen LogP contribution in [-0.4, -0.2) is 60.5 Å². The lowest BCUT2D eigenvalue weighted by molar-refractivity contribution is -0.961. The van der Waals surface area contributed by atoms with Gasteiger partial charge in [-0.2, -0.15) is 0 Å². The second-order valence-electron chi connectivity index (χ2n) is 16.3. The van der Waals surface area contributed by atoms with Crippen LogP contribution in [0.25, 0.3) is 0 Å². The van der Waals surface area contributed by atoms with Gasteiger partial charge in [0, 0.05) is 37.1 Å². The van der Waals surface area contributed by atoms with Gasteiger partial charge in [-0.05, 0) is 51.2 Å². The third-order valence-corrected chi connectivity index (χ3v) is 11.9. The van der Waals surface area contributed by atoms with Crippen LogP contribution in [0.3, 0.4) is 0 Å². The highest BCUT2D eigenvalue weighted by Crippen LogP contribution is 2.25. The number of carbonyl (C=O) groups is 2. The number of nitrogens with zero attached hydrogens (tertiary/aromatic N) is 2. The summed E-state index contributed by atoms with van der Waals surface area (Å²) < 4.78 is 32.0. The fraction of sp³-hybridized carbons (Fsp3) is 0.583. The number of hydrogen-bond donors (Lipinski definition) is 1. The number of hydrogen-bond acceptors (Lipinski definition) is 5. The SMILES string of the molecule is CCCCCCCCCCCCCCCC(=O)NCCCCCC[N+](Cc1ccccc1)(Cc1ccccc1)CN1CCCC1=O.Cc1ccc(S(=O)(=O)[O-])cc1. The Morgan fingerprint density at radius 3 is 1.67 bits per heavy atom. The lowest BCUT2D eigenvalue weighted by atomic mass is 10.0. The highest BCUT2D eigenvalue weighted by atomic mass is 32.2. The van der Waals surface area contributed by atoms with Crippen LogP contribution in [0.15, 0.2) is 89.8 Å². The summed E-state index contributed by atoms with van der Waals surface area (Å²) in [6, 6.07) is 27.4. The predicted molar refractivity (Wildman–Crippen MR) is 232 cm³/mol. The molecule has 316 valence electrons. The number of quaternary nitrogens is 1. The molecule has 57 heavy (non-hydrogen) atoms. The molecule has 1 aliphatic rings.